The van der Waals surface area contributed by atoms with E-state index in [1.54, 1.807) is 0 Å². The molecule has 1 aliphatic heterocycles. The van der Waals surface area contributed by atoms with E-state index in [4.69, 9.17) is 5.11 Å². The zero-order valence-corrected chi connectivity index (χ0v) is 10.2. The van der Waals surface area contributed by atoms with Crippen molar-refractivity contribution >= 4 is 5.82 Å². The van der Waals surface area contributed by atoms with Gasteiger partial charge in [0.25, 0.3) is 0 Å². The lowest BCUT2D eigenvalue weighted by Gasteiger charge is -2.22. The first-order valence-corrected chi connectivity index (χ1v) is 6.20. The number of aliphatic hydroxyl groups is 1. The highest BCUT2D eigenvalue weighted by atomic mass is 16.3. The van der Waals surface area contributed by atoms with E-state index in [0.29, 0.717) is 12.5 Å². The van der Waals surface area contributed by atoms with E-state index in [-0.39, 0.29) is 6.61 Å². The van der Waals surface area contributed by atoms with Gasteiger partial charge in [-0.15, -0.1) is 0 Å². The molecule has 0 bridgehead atoms. The van der Waals surface area contributed by atoms with Gasteiger partial charge in [0, 0.05) is 24.2 Å². The van der Waals surface area contributed by atoms with E-state index in [1.165, 1.54) is 0 Å². The predicted molar refractivity (Wildman–Crippen MR) is 67.2 cm³/mol. The molecule has 17 heavy (non-hydrogen) atoms. The summed E-state index contributed by atoms with van der Waals surface area (Å²) in [5, 5.41) is 15.3. The monoisotopic (exact) mass is 236 g/mol. The Labute approximate surface area is 102 Å². The molecular formula is C12H20N4O. The van der Waals surface area contributed by atoms with Crippen molar-refractivity contribution in [3.63, 3.8) is 0 Å². The highest BCUT2D eigenvalue weighted by Crippen LogP contribution is 2.24. The number of piperidine rings is 1. The van der Waals surface area contributed by atoms with Gasteiger partial charge in [0.1, 0.15) is 11.6 Å². The fraction of sp³-hybridized carbons (Fsp3) is 0.667. The Kier molecular flexibility index (Phi) is 4.28. The van der Waals surface area contributed by atoms with Gasteiger partial charge in [-0.25, -0.2) is 9.97 Å². The lowest BCUT2D eigenvalue weighted by atomic mass is 9.94. The summed E-state index contributed by atoms with van der Waals surface area (Å²) in [4.78, 5) is 8.84. The average Bonchev–Trinajstić information content (AvgIpc) is 2.37. The second-order valence-electron chi connectivity index (χ2n) is 4.40. The van der Waals surface area contributed by atoms with Gasteiger partial charge in [-0.1, -0.05) is 0 Å². The van der Waals surface area contributed by atoms with Crippen LogP contribution in [0.15, 0.2) is 6.07 Å². The molecule has 2 heterocycles. The first kappa shape index (κ1) is 12.3. The van der Waals surface area contributed by atoms with E-state index in [9.17, 15) is 0 Å². The summed E-state index contributed by atoms with van der Waals surface area (Å²) in [5.74, 6) is 2.15. The van der Waals surface area contributed by atoms with Gasteiger partial charge in [-0.2, -0.15) is 0 Å². The minimum Gasteiger partial charge on any atom is -0.395 e. The van der Waals surface area contributed by atoms with E-state index in [1.807, 2.05) is 13.0 Å². The van der Waals surface area contributed by atoms with Crippen LogP contribution < -0.4 is 10.6 Å². The Morgan fingerprint density at radius 2 is 2.18 bits per heavy atom. The largest absolute Gasteiger partial charge is 0.395 e. The highest BCUT2D eigenvalue weighted by Gasteiger charge is 2.17. The highest BCUT2D eigenvalue weighted by molar-refractivity contribution is 5.37. The maximum absolute atomic E-state index is 8.80. The molecule has 1 aliphatic rings. The number of nitrogens with one attached hydrogen (secondary N) is 2. The van der Waals surface area contributed by atoms with Crippen LogP contribution in [0.4, 0.5) is 5.82 Å². The molecule has 1 saturated heterocycles. The third-order valence-electron chi connectivity index (χ3n) is 3.03. The van der Waals surface area contributed by atoms with Crippen LogP contribution in [0.5, 0.6) is 0 Å². The third kappa shape index (κ3) is 3.38. The summed E-state index contributed by atoms with van der Waals surface area (Å²) >= 11 is 0. The van der Waals surface area contributed by atoms with E-state index >= 15 is 0 Å². The number of nitrogens with zero attached hydrogens (tertiary/aromatic N) is 2. The molecule has 0 radical (unpaired) electrons. The summed E-state index contributed by atoms with van der Waals surface area (Å²) in [6, 6.07) is 2.01. The molecule has 0 aliphatic carbocycles. The quantitative estimate of drug-likeness (QED) is 0.716. The minimum absolute atomic E-state index is 0.117. The van der Waals surface area contributed by atoms with Crippen molar-refractivity contribution in [2.45, 2.75) is 25.7 Å². The maximum Gasteiger partial charge on any atom is 0.130 e. The first-order valence-electron chi connectivity index (χ1n) is 6.20. The number of hydrogen-bond donors (Lipinski definition) is 3. The number of aliphatic hydroxyl groups excluding tert-OH is 1. The van der Waals surface area contributed by atoms with Crippen molar-refractivity contribution < 1.29 is 5.11 Å². The van der Waals surface area contributed by atoms with Gasteiger partial charge < -0.3 is 15.7 Å². The van der Waals surface area contributed by atoms with Crippen LogP contribution in [0.2, 0.25) is 0 Å². The number of anilines is 1. The second-order valence-corrected chi connectivity index (χ2v) is 4.40. The normalized spacial score (nSPS) is 17.1. The molecular weight excluding hydrogens is 216 g/mol. The second kappa shape index (κ2) is 5.93. The predicted octanol–water partition coefficient (Wildman–Crippen LogP) is 0.656. The molecule has 5 nitrogen and oxygen atoms in total. The van der Waals surface area contributed by atoms with Gasteiger partial charge in [0.2, 0.25) is 0 Å². The number of aryl methyl sites for hydroxylation is 1. The van der Waals surface area contributed by atoms with Crippen molar-refractivity contribution in [3.8, 4) is 0 Å². The van der Waals surface area contributed by atoms with Crippen molar-refractivity contribution in [2.75, 3.05) is 31.6 Å². The van der Waals surface area contributed by atoms with Crippen LogP contribution in [-0.2, 0) is 0 Å². The number of aromatic nitrogens is 2. The van der Waals surface area contributed by atoms with Gasteiger partial charge in [-0.3, -0.25) is 0 Å². The van der Waals surface area contributed by atoms with Gasteiger partial charge in [0.15, 0.2) is 0 Å². The van der Waals surface area contributed by atoms with E-state index < -0.39 is 0 Å². The molecule has 0 aromatic carbocycles. The van der Waals surface area contributed by atoms with Crippen LogP contribution in [0.3, 0.4) is 0 Å². The molecule has 0 atom stereocenters. The molecule has 2 rings (SSSR count). The summed E-state index contributed by atoms with van der Waals surface area (Å²) < 4.78 is 0. The van der Waals surface area contributed by atoms with Gasteiger partial charge in [-0.05, 0) is 32.9 Å². The summed E-state index contributed by atoms with van der Waals surface area (Å²) in [6.07, 6.45) is 2.27. The maximum atomic E-state index is 8.80. The fourth-order valence-electron chi connectivity index (χ4n) is 2.19. The van der Waals surface area contributed by atoms with Gasteiger partial charge in [0.05, 0.1) is 6.61 Å². The molecule has 3 N–H and O–H groups in total. The standard InChI is InChI=1S/C12H20N4O/c1-9-15-11(10-2-4-13-5-3-10)8-12(16-9)14-6-7-17/h8,10,13,17H,2-7H2,1H3,(H,14,15,16). The summed E-state index contributed by atoms with van der Waals surface area (Å²) in [5.41, 5.74) is 1.12. The lowest BCUT2D eigenvalue weighted by Crippen LogP contribution is -2.27. The third-order valence-corrected chi connectivity index (χ3v) is 3.03. The smallest absolute Gasteiger partial charge is 0.130 e. The van der Waals surface area contributed by atoms with Gasteiger partial charge >= 0.3 is 0 Å². The molecule has 1 fully saturated rings. The zero-order chi connectivity index (χ0) is 12.1. The molecule has 0 unspecified atom stereocenters. The van der Waals surface area contributed by atoms with E-state index in [2.05, 4.69) is 20.6 Å². The topological polar surface area (TPSA) is 70.1 Å². The lowest BCUT2D eigenvalue weighted by molar-refractivity contribution is 0.311. The number of hydrogen-bond acceptors (Lipinski definition) is 5. The Balaban J connectivity index is 2.12. The summed E-state index contributed by atoms with van der Waals surface area (Å²) in [7, 11) is 0. The fourth-order valence-corrected chi connectivity index (χ4v) is 2.19. The number of rotatable bonds is 4. The van der Waals surface area contributed by atoms with Crippen molar-refractivity contribution in [2.24, 2.45) is 0 Å². The minimum atomic E-state index is 0.117. The molecule has 5 heteroatoms. The van der Waals surface area contributed by atoms with Crippen molar-refractivity contribution in [1.29, 1.82) is 0 Å². The van der Waals surface area contributed by atoms with Crippen LogP contribution >= 0.6 is 0 Å². The van der Waals surface area contributed by atoms with E-state index in [0.717, 1.165) is 43.3 Å². The molecule has 0 amide bonds. The average molecular weight is 236 g/mol. The zero-order valence-electron chi connectivity index (χ0n) is 10.2. The first-order chi connectivity index (χ1) is 8.29. The van der Waals surface area contributed by atoms with Crippen molar-refractivity contribution in [1.82, 2.24) is 15.3 Å². The van der Waals surface area contributed by atoms with Crippen LogP contribution in [0.1, 0.15) is 30.3 Å². The van der Waals surface area contributed by atoms with Crippen LogP contribution in [-0.4, -0.2) is 41.3 Å². The molecule has 0 saturated carbocycles. The van der Waals surface area contributed by atoms with Crippen LogP contribution in [0.25, 0.3) is 0 Å². The molecule has 0 spiro atoms. The Morgan fingerprint density at radius 3 is 2.88 bits per heavy atom. The molecule has 1 aromatic rings. The molecule has 1 aromatic heterocycles. The SMILES string of the molecule is Cc1nc(NCCO)cc(C2CCNCC2)n1. The Bertz CT molecular complexity index is 364. The Hall–Kier alpha value is -1.20. The Morgan fingerprint density at radius 1 is 1.41 bits per heavy atom. The van der Waals surface area contributed by atoms with Crippen molar-refractivity contribution in [3.05, 3.63) is 17.6 Å². The molecule has 94 valence electrons. The van der Waals surface area contributed by atoms with Crippen LogP contribution in [0, 0.1) is 6.92 Å². The summed E-state index contributed by atoms with van der Waals surface area (Å²) in [6.45, 7) is 4.68.